The van der Waals surface area contributed by atoms with E-state index in [-0.39, 0.29) is 11.4 Å². The third-order valence-corrected chi connectivity index (χ3v) is 3.15. The number of halogens is 1. The molecule has 0 saturated heterocycles. The normalized spacial score (nSPS) is 10.1. The first-order valence-corrected chi connectivity index (χ1v) is 5.86. The zero-order chi connectivity index (χ0) is 13.1. The van der Waals surface area contributed by atoms with Gasteiger partial charge < -0.3 is 9.84 Å². The summed E-state index contributed by atoms with van der Waals surface area (Å²) in [5.74, 6) is -0.612. The fourth-order valence-electron chi connectivity index (χ4n) is 1.35. The highest BCUT2D eigenvalue weighted by Gasteiger charge is 2.13. The molecule has 92 valence electrons. The second kappa shape index (κ2) is 5.14. The first kappa shape index (κ1) is 12.5. The van der Waals surface area contributed by atoms with Gasteiger partial charge >= 0.3 is 5.97 Å². The summed E-state index contributed by atoms with van der Waals surface area (Å²) in [4.78, 5) is 11.0. The number of rotatable bonds is 3. The number of aromatic nitrogens is 2. The molecule has 1 aromatic heterocycles. The molecule has 0 spiro atoms. The Morgan fingerprint density at radius 1 is 1.39 bits per heavy atom. The van der Waals surface area contributed by atoms with E-state index in [9.17, 15) is 4.79 Å². The average molecular weight is 309 g/mol. The fourth-order valence-corrected chi connectivity index (χ4v) is 1.60. The predicted octanol–water partition coefficient (Wildman–Crippen LogP) is 3.04. The van der Waals surface area contributed by atoms with Crippen LogP contribution in [0.15, 0.2) is 34.9 Å². The van der Waals surface area contributed by atoms with E-state index in [4.69, 9.17) is 9.84 Å². The highest BCUT2D eigenvalue weighted by Crippen LogP contribution is 2.26. The molecular formula is C12H9BrN2O3. The Kier molecular flexibility index (Phi) is 3.57. The van der Waals surface area contributed by atoms with Gasteiger partial charge in [-0.3, -0.25) is 0 Å². The first-order chi connectivity index (χ1) is 8.58. The molecule has 6 heteroatoms. The van der Waals surface area contributed by atoms with Gasteiger partial charge in [0.1, 0.15) is 11.3 Å². The molecule has 5 nitrogen and oxygen atoms in total. The largest absolute Gasteiger partial charge is 0.477 e. The topological polar surface area (TPSA) is 72.3 Å². The van der Waals surface area contributed by atoms with Crippen LogP contribution in [0.1, 0.15) is 15.9 Å². The Bertz CT molecular complexity index is 602. The van der Waals surface area contributed by atoms with Crippen LogP contribution < -0.4 is 4.74 Å². The second-order valence-electron chi connectivity index (χ2n) is 3.57. The van der Waals surface area contributed by atoms with Crippen molar-refractivity contribution in [3.8, 4) is 11.6 Å². The van der Waals surface area contributed by atoms with Crippen molar-refractivity contribution in [3.63, 3.8) is 0 Å². The Hall–Kier alpha value is -1.95. The van der Waals surface area contributed by atoms with Gasteiger partial charge in [0, 0.05) is 4.47 Å². The average Bonchev–Trinajstić information content (AvgIpc) is 2.34. The van der Waals surface area contributed by atoms with Crippen molar-refractivity contribution in [2.24, 2.45) is 0 Å². The number of ether oxygens (including phenoxy) is 1. The molecule has 0 radical (unpaired) electrons. The number of carboxylic acid groups (broad SMARTS) is 1. The minimum Gasteiger partial charge on any atom is -0.477 e. The molecule has 1 heterocycles. The van der Waals surface area contributed by atoms with Crippen LogP contribution in [0.3, 0.4) is 0 Å². The number of nitrogens with zero attached hydrogens (tertiary/aromatic N) is 2. The summed E-state index contributed by atoms with van der Waals surface area (Å²) in [6.45, 7) is 1.91. The summed E-state index contributed by atoms with van der Waals surface area (Å²) in [6.07, 6.45) is 1.31. The van der Waals surface area contributed by atoms with Gasteiger partial charge in [0.25, 0.3) is 5.88 Å². The lowest BCUT2D eigenvalue weighted by Gasteiger charge is -2.07. The Labute approximate surface area is 112 Å². The predicted molar refractivity (Wildman–Crippen MR) is 67.9 cm³/mol. The summed E-state index contributed by atoms with van der Waals surface area (Å²) in [5, 5.41) is 16.3. The minimum absolute atomic E-state index is 0.0216. The molecule has 2 rings (SSSR count). The van der Waals surface area contributed by atoms with E-state index in [0.29, 0.717) is 5.75 Å². The van der Waals surface area contributed by atoms with Crippen LogP contribution in [0.5, 0.6) is 11.6 Å². The van der Waals surface area contributed by atoms with Crippen molar-refractivity contribution in [1.29, 1.82) is 0 Å². The van der Waals surface area contributed by atoms with Gasteiger partial charge in [0.05, 0.1) is 6.20 Å². The molecule has 0 fully saturated rings. The molecule has 2 aromatic rings. The van der Waals surface area contributed by atoms with Gasteiger partial charge in [-0.25, -0.2) is 4.79 Å². The molecule has 1 N–H and O–H groups in total. The van der Waals surface area contributed by atoms with E-state index < -0.39 is 5.97 Å². The SMILES string of the molecule is Cc1cc(Oc2nnccc2C(=O)O)ccc1Br. The zero-order valence-corrected chi connectivity index (χ0v) is 11.0. The fraction of sp³-hybridized carbons (Fsp3) is 0.0833. The third-order valence-electron chi connectivity index (χ3n) is 2.26. The number of aryl methyl sites for hydroxylation is 1. The molecule has 0 bridgehead atoms. The van der Waals surface area contributed by atoms with Crippen LogP contribution in [0.4, 0.5) is 0 Å². The lowest BCUT2D eigenvalue weighted by atomic mass is 10.2. The first-order valence-electron chi connectivity index (χ1n) is 5.07. The van der Waals surface area contributed by atoms with Crippen molar-refractivity contribution in [3.05, 3.63) is 46.1 Å². The Balaban J connectivity index is 2.34. The molecular weight excluding hydrogens is 300 g/mol. The number of aromatic carboxylic acids is 1. The molecule has 0 atom stereocenters. The zero-order valence-electron chi connectivity index (χ0n) is 9.42. The van der Waals surface area contributed by atoms with Crippen LogP contribution in [0, 0.1) is 6.92 Å². The quantitative estimate of drug-likeness (QED) is 0.943. The summed E-state index contributed by atoms with van der Waals surface area (Å²) >= 11 is 3.37. The summed E-state index contributed by atoms with van der Waals surface area (Å²) < 4.78 is 6.38. The van der Waals surface area contributed by atoms with Gasteiger partial charge in [-0.1, -0.05) is 15.9 Å². The molecule has 1 aromatic carbocycles. The van der Waals surface area contributed by atoms with Crippen LogP contribution in [-0.4, -0.2) is 21.3 Å². The molecule has 0 aliphatic heterocycles. The number of hydrogen-bond donors (Lipinski definition) is 1. The Morgan fingerprint density at radius 3 is 2.83 bits per heavy atom. The van der Waals surface area contributed by atoms with Crippen LogP contribution >= 0.6 is 15.9 Å². The number of hydrogen-bond acceptors (Lipinski definition) is 4. The van der Waals surface area contributed by atoms with Gasteiger partial charge in [0.2, 0.25) is 0 Å². The van der Waals surface area contributed by atoms with Crippen LogP contribution in [0.2, 0.25) is 0 Å². The monoisotopic (exact) mass is 308 g/mol. The molecule has 0 saturated carbocycles. The number of benzene rings is 1. The molecule has 0 amide bonds. The maximum Gasteiger partial charge on any atom is 0.341 e. The van der Waals surface area contributed by atoms with Crippen molar-refractivity contribution >= 4 is 21.9 Å². The van der Waals surface area contributed by atoms with E-state index in [2.05, 4.69) is 26.1 Å². The Morgan fingerprint density at radius 2 is 2.17 bits per heavy atom. The molecule has 18 heavy (non-hydrogen) atoms. The lowest BCUT2D eigenvalue weighted by molar-refractivity contribution is 0.0693. The molecule has 0 unspecified atom stereocenters. The highest BCUT2D eigenvalue weighted by molar-refractivity contribution is 9.10. The maximum absolute atomic E-state index is 11.0. The van der Waals surface area contributed by atoms with Crippen molar-refractivity contribution < 1.29 is 14.6 Å². The van der Waals surface area contributed by atoms with E-state index in [1.807, 2.05) is 13.0 Å². The lowest BCUT2D eigenvalue weighted by Crippen LogP contribution is -2.02. The van der Waals surface area contributed by atoms with E-state index >= 15 is 0 Å². The standard InChI is InChI=1S/C12H9BrN2O3/c1-7-6-8(2-3-10(7)13)18-11-9(12(16)17)4-5-14-15-11/h2-6H,1H3,(H,16,17). The molecule has 0 aliphatic rings. The van der Waals surface area contributed by atoms with E-state index in [0.717, 1.165) is 10.0 Å². The smallest absolute Gasteiger partial charge is 0.341 e. The maximum atomic E-state index is 11.0. The van der Waals surface area contributed by atoms with Crippen LogP contribution in [-0.2, 0) is 0 Å². The third kappa shape index (κ3) is 2.65. The number of carbonyl (C=O) groups is 1. The van der Waals surface area contributed by atoms with Crippen molar-refractivity contribution in [1.82, 2.24) is 10.2 Å². The van der Waals surface area contributed by atoms with Gasteiger partial charge in [-0.2, -0.15) is 5.10 Å². The second-order valence-corrected chi connectivity index (χ2v) is 4.42. The van der Waals surface area contributed by atoms with Gasteiger partial charge in [0.15, 0.2) is 0 Å². The molecule has 0 aliphatic carbocycles. The number of carboxylic acids is 1. The van der Waals surface area contributed by atoms with Gasteiger partial charge in [-0.15, -0.1) is 5.10 Å². The van der Waals surface area contributed by atoms with E-state index in [1.54, 1.807) is 12.1 Å². The van der Waals surface area contributed by atoms with E-state index in [1.165, 1.54) is 12.3 Å². The summed E-state index contributed by atoms with van der Waals surface area (Å²) in [5.41, 5.74) is 0.957. The van der Waals surface area contributed by atoms with Crippen molar-refractivity contribution in [2.75, 3.05) is 0 Å². The summed E-state index contributed by atoms with van der Waals surface area (Å²) in [6, 6.07) is 6.67. The van der Waals surface area contributed by atoms with Crippen LogP contribution in [0.25, 0.3) is 0 Å². The highest BCUT2D eigenvalue weighted by atomic mass is 79.9. The van der Waals surface area contributed by atoms with Crippen molar-refractivity contribution in [2.45, 2.75) is 6.92 Å². The minimum atomic E-state index is -1.10. The van der Waals surface area contributed by atoms with Gasteiger partial charge in [-0.05, 0) is 36.8 Å². The summed E-state index contributed by atoms with van der Waals surface area (Å²) in [7, 11) is 0.